The molecule has 0 bridgehead atoms. The van der Waals surface area contributed by atoms with E-state index in [1.165, 1.54) is 36.4 Å². The fourth-order valence-electron chi connectivity index (χ4n) is 3.41. The maximum absolute atomic E-state index is 13.2. The third kappa shape index (κ3) is 4.16. The van der Waals surface area contributed by atoms with Gasteiger partial charge in [0.15, 0.2) is 0 Å². The van der Waals surface area contributed by atoms with Crippen LogP contribution in [0.15, 0.2) is 48.5 Å². The van der Waals surface area contributed by atoms with Gasteiger partial charge in [0.2, 0.25) is 5.91 Å². The molecule has 1 fully saturated rings. The fraction of sp³-hybridized carbons (Fsp3) is 0.300. The van der Waals surface area contributed by atoms with Crippen LogP contribution in [-0.2, 0) is 4.79 Å². The summed E-state index contributed by atoms with van der Waals surface area (Å²) in [6.45, 7) is 2.13. The maximum atomic E-state index is 13.2. The van der Waals surface area contributed by atoms with Gasteiger partial charge in [0.25, 0.3) is 11.6 Å². The Labute approximate surface area is 161 Å². The Bertz CT molecular complexity index is 901. The Kier molecular flexibility index (Phi) is 5.67. The van der Waals surface area contributed by atoms with E-state index < -0.39 is 16.9 Å². The second kappa shape index (κ2) is 8.16. The number of carbonyl (C=O) groups excluding carboxylic acids is 2. The highest BCUT2D eigenvalue weighted by atomic mass is 19.1. The van der Waals surface area contributed by atoms with E-state index in [0.717, 1.165) is 18.4 Å². The van der Waals surface area contributed by atoms with Crippen molar-refractivity contribution >= 4 is 17.5 Å². The largest absolute Gasteiger partial charge is 0.341 e. The maximum Gasteiger partial charge on any atom is 0.270 e. The summed E-state index contributed by atoms with van der Waals surface area (Å²) < 4.78 is 13.2. The van der Waals surface area contributed by atoms with Crippen LogP contribution in [0.4, 0.5) is 10.1 Å². The number of nitrogens with zero attached hydrogens (tertiary/aromatic N) is 2. The Hall–Kier alpha value is -3.29. The molecular weight excluding hydrogens is 365 g/mol. The quantitative estimate of drug-likeness (QED) is 0.632. The first-order chi connectivity index (χ1) is 13.4. The number of non-ortho nitro benzene ring substituents is 1. The van der Waals surface area contributed by atoms with Crippen molar-refractivity contribution in [2.45, 2.75) is 31.8 Å². The van der Waals surface area contributed by atoms with Crippen LogP contribution in [0.3, 0.4) is 0 Å². The number of carbonyl (C=O) groups is 2. The number of nitro benzene ring substituents is 1. The van der Waals surface area contributed by atoms with Gasteiger partial charge in [-0.3, -0.25) is 19.7 Å². The summed E-state index contributed by atoms with van der Waals surface area (Å²) >= 11 is 0. The minimum absolute atomic E-state index is 0.116. The molecule has 2 unspecified atom stereocenters. The average molecular weight is 385 g/mol. The van der Waals surface area contributed by atoms with Crippen LogP contribution in [0.2, 0.25) is 0 Å². The first-order valence-electron chi connectivity index (χ1n) is 8.98. The molecular formula is C20H20FN3O4. The number of rotatable bonds is 5. The predicted molar refractivity (Wildman–Crippen MR) is 100 cm³/mol. The zero-order valence-corrected chi connectivity index (χ0v) is 15.3. The molecule has 0 saturated carbocycles. The van der Waals surface area contributed by atoms with Crippen LogP contribution in [0, 0.1) is 15.9 Å². The summed E-state index contributed by atoms with van der Waals surface area (Å²) in [5.41, 5.74) is 0.775. The van der Waals surface area contributed by atoms with E-state index in [1.54, 1.807) is 24.0 Å². The molecule has 2 aromatic rings. The van der Waals surface area contributed by atoms with Crippen LogP contribution in [0.1, 0.15) is 41.7 Å². The summed E-state index contributed by atoms with van der Waals surface area (Å²) in [5, 5.41) is 13.5. The van der Waals surface area contributed by atoms with Gasteiger partial charge in [0.1, 0.15) is 11.9 Å². The van der Waals surface area contributed by atoms with Gasteiger partial charge in [-0.05, 0) is 43.5 Å². The van der Waals surface area contributed by atoms with E-state index in [1.807, 2.05) is 0 Å². The zero-order valence-electron chi connectivity index (χ0n) is 15.3. The topological polar surface area (TPSA) is 92.5 Å². The summed E-state index contributed by atoms with van der Waals surface area (Å²) in [6.07, 6.45) is 1.59. The number of likely N-dealkylation sites (tertiary alicyclic amines) is 1. The second-order valence-corrected chi connectivity index (χ2v) is 6.74. The van der Waals surface area contributed by atoms with Crippen molar-refractivity contribution in [2.24, 2.45) is 0 Å². The smallest absolute Gasteiger partial charge is 0.270 e. The third-order valence-corrected chi connectivity index (χ3v) is 4.83. The Balaban J connectivity index is 1.69. The molecule has 1 aliphatic heterocycles. The van der Waals surface area contributed by atoms with E-state index in [2.05, 4.69) is 5.32 Å². The van der Waals surface area contributed by atoms with Crippen molar-refractivity contribution in [3.8, 4) is 0 Å². The molecule has 1 N–H and O–H groups in total. The molecule has 1 saturated heterocycles. The molecule has 2 aromatic carbocycles. The number of nitro groups is 1. The molecule has 0 aromatic heterocycles. The molecule has 2 atom stereocenters. The Morgan fingerprint density at radius 1 is 1.25 bits per heavy atom. The highest BCUT2D eigenvalue weighted by Gasteiger charge is 2.33. The summed E-state index contributed by atoms with van der Waals surface area (Å²) in [6, 6.07) is 10.4. The van der Waals surface area contributed by atoms with E-state index >= 15 is 0 Å². The van der Waals surface area contributed by atoms with Crippen molar-refractivity contribution in [2.75, 3.05) is 6.54 Å². The van der Waals surface area contributed by atoms with Crippen LogP contribution < -0.4 is 5.32 Å². The Morgan fingerprint density at radius 2 is 1.96 bits per heavy atom. The van der Waals surface area contributed by atoms with Crippen LogP contribution in [0.25, 0.3) is 0 Å². The molecule has 3 rings (SSSR count). The van der Waals surface area contributed by atoms with Crippen LogP contribution in [0.5, 0.6) is 0 Å². The number of halogens is 1. The molecule has 0 spiro atoms. The first kappa shape index (κ1) is 19.5. The molecule has 7 nitrogen and oxygen atoms in total. The number of amides is 2. The molecule has 8 heteroatoms. The average Bonchev–Trinajstić information content (AvgIpc) is 3.17. The monoisotopic (exact) mass is 385 g/mol. The highest BCUT2D eigenvalue weighted by molar-refractivity contribution is 5.98. The molecule has 0 radical (unpaired) electrons. The zero-order chi connectivity index (χ0) is 20.3. The summed E-state index contributed by atoms with van der Waals surface area (Å²) in [5.74, 6) is -1.13. The lowest BCUT2D eigenvalue weighted by atomic mass is 10.0. The first-order valence-corrected chi connectivity index (χ1v) is 8.98. The normalized spacial score (nSPS) is 17.2. The minimum Gasteiger partial charge on any atom is -0.341 e. The highest BCUT2D eigenvalue weighted by Crippen LogP contribution is 2.32. The Morgan fingerprint density at radius 3 is 2.64 bits per heavy atom. The van der Waals surface area contributed by atoms with Gasteiger partial charge in [-0.2, -0.15) is 0 Å². The molecule has 1 aliphatic rings. The molecule has 146 valence electrons. The number of nitrogens with one attached hydrogen (secondary N) is 1. The van der Waals surface area contributed by atoms with Gasteiger partial charge >= 0.3 is 0 Å². The fourth-order valence-corrected chi connectivity index (χ4v) is 3.41. The van der Waals surface area contributed by atoms with Crippen molar-refractivity contribution in [1.29, 1.82) is 0 Å². The van der Waals surface area contributed by atoms with Gasteiger partial charge in [0, 0.05) is 24.2 Å². The molecule has 1 heterocycles. The van der Waals surface area contributed by atoms with Gasteiger partial charge in [-0.15, -0.1) is 0 Å². The lowest BCUT2D eigenvalue weighted by molar-refractivity contribution is -0.384. The summed E-state index contributed by atoms with van der Waals surface area (Å²) in [7, 11) is 0. The molecule has 2 amide bonds. The predicted octanol–water partition coefficient (Wildman–Crippen LogP) is 3.22. The number of benzene rings is 2. The van der Waals surface area contributed by atoms with Crippen molar-refractivity contribution in [3.63, 3.8) is 0 Å². The van der Waals surface area contributed by atoms with E-state index in [-0.39, 0.29) is 29.0 Å². The van der Waals surface area contributed by atoms with Gasteiger partial charge in [0.05, 0.1) is 11.0 Å². The van der Waals surface area contributed by atoms with Crippen LogP contribution >= 0.6 is 0 Å². The van der Waals surface area contributed by atoms with Crippen molar-refractivity contribution in [1.82, 2.24) is 10.2 Å². The van der Waals surface area contributed by atoms with E-state index in [0.29, 0.717) is 6.54 Å². The van der Waals surface area contributed by atoms with Crippen molar-refractivity contribution in [3.05, 3.63) is 75.6 Å². The SMILES string of the molecule is CC(NC(=O)c1cccc([N+](=O)[O-])c1)C(=O)N1CCCC1c1ccc(F)cc1. The van der Waals surface area contributed by atoms with E-state index in [9.17, 15) is 24.1 Å². The standard InChI is InChI=1S/C20H20FN3O4/c1-13(22-19(25)15-4-2-5-17(12-15)24(27)28)20(26)23-11-3-6-18(23)14-7-9-16(21)10-8-14/h2,4-5,7-10,12-13,18H,3,6,11H2,1H3,(H,22,25). The third-order valence-electron chi connectivity index (χ3n) is 4.83. The summed E-state index contributed by atoms with van der Waals surface area (Å²) in [4.78, 5) is 37.2. The van der Waals surface area contributed by atoms with Crippen molar-refractivity contribution < 1.29 is 18.9 Å². The lowest BCUT2D eigenvalue weighted by Crippen LogP contribution is -2.46. The van der Waals surface area contributed by atoms with Gasteiger partial charge < -0.3 is 10.2 Å². The minimum atomic E-state index is -0.798. The molecule has 28 heavy (non-hydrogen) atoms. The van der Waals surface area contributed by atoms with Gasteiger partial charge in [-0.25, -0.2) is 4.39 Å². The van der Waals surface area contributed by atoms with E-state index in [4.69, 9.17) is 0 Å². The number of hydrogen-bond acceptors (Lipinski definition) is 4. The van der Waals surface area contributed by atoms with Crippen LogP contribution in [-0.4, -0.2) is 34.2 Å². The second-order valence-electron chi connectivity index (χ2n) is 6.74. The molecule has 0 aliphatic carbocycles. The lowest BCUT2D eigenvalue weighted by Gasteiger charge is -2.28. The van der Waals surface area contributed by atoms with Gasteiger partial charge in [-0.1, -0.05) is 18.2 Å². The number of hydrogen-bond donors (Lipinski definition) is 1.